The number of aryl methyl sites for hydroxylation is 1. The number of nitrogens with zero attached hydrogens (tertiary/aromatic N) is 5. The monoisotopic (exact) mass is 369 g/mol. The zero-order valence-corrected chi connectivity index (χ0v) is 16.0. The van der Waals surface area contributed by atoms with Gasteiger partial charge in [0.05, 0.1) is 5.41 Å². The van der Waals surface area contributed by atoms with Gasteiger partial charge in [0.1, 0.15) is 6.33 Å². The molecule has 7 nitrogen and oxygen atoms in total. The van der Waals surface area contributed by atoms with E-state index in [1.807, 2.05) is 6.92 Å². The molecule has 1 aliphatic carbocycles. The molecule has 3 aliphatic rings. The number of fused-ring (bicyclic) bond motifs is 1. The van der Waals surface area contributed by atoms with Crippen molar-refractivity contribution in [2.24, 2.45) is 11.3 Å². The average molecular weight is 369 g/mol. The Kier molecular flexibility index (Phi) is 4.06. The molecule has 1 spiro atoms. The zero-order valence-electron chi connectivity index (χ0n) is 16.0. The number of amides is 1. The quantitative estimate of drug-likeness (QED) is 0.825. The van der Waals surface area contributed by atoms with Gasteiger partial charge in [-0.25, -0.2) is 9.97 Å². The summed E-state index contributed by atoms with van der Waals surface area (Å²) in [6.45, 7) is 5.47. The van der Waals surface area contributed by atoms with Gasteiger partial charge in [0.25, 0.3) is 5.71 Å². The number of hydrogen-bond acceptors (Lipinski definition) is 6. The van der Waals surface area contributed by atoms with Crippen molar-refractivity contribution in [2.75, 3.05) is 31.1 Å². The lowest BCUT2D eigenvalue weighted by Gasteiger charge is -2.42. The lowest BCUT2D eigenvalue weighted by Crippen LogP contribution is -2.51. The first-order valence-corrected chi connectivity index (χ1v) is 10.3. The average Bonchev–Trinajstić information content (AvgIpc) is 3.26. The second-order valence-electron chi connectivity index (χ2n) is 8.42. The number of carbonyl (C=O) groups is 1. The molecule has 2 aliphatic heterocycles. The lowest BCUT2D eigenvalue weighted by atomic mass is 9.77. The standard InChI is InChI=1S/C20H27N5O2/c1-2-15-23-16-17(21-13-22-18(16)27-15)25-10-8-20(12-25)7-4-9-24(19(20)26)11-14-5-3-6-14/h13-14H,2-12H2,1H3/t20-/m1/s1. The van der Waals surface area contributed by atoms with Gasteiger partial charge in [-0.1, -0.05) is 13.3 Å². The molecule has 4 heterocycles. The number of aromatic nitrogens is 3. The highest BCUT2D eigenvalue weighted by atomic mass is 16.4. The van der Waals surface area contributed by atoms with E-state index in [9.17, 15) is 4.79 Å². The van der Waals surface area contributed by atoms with E-state index in [0.29, 0.717) is 17.5 Å². The Bertz CT molecular complexity index is 861. The first-order chi connectivity index (χ1) is 13.2. The molecule has 5 rings (SSSR count). The van der Waals surface area contributed by atoms with Gasteiger partial charge in [-0.3, -0.25) is 4.79 Å². The van der Waals surface area contributed by atoms with E-state index in [0.717, 1.165) is 69.1 Å². The summed E-state index contributed by atoms with van der Waals surface area (Å²) in [6, 6.07) is 0. The maximum absolute atomic E-state index is 13.3. The van der Waals surface area contributed by atoms with Gasteiger partial charge < -0.3 is 14.2 Å². The minimum Gasteiger partial charge on any atom is -0.422 e. The molecule has 1 amide bonds. The van der Waals surface area contributed by atoms with Crippen LogP contribution in [0.2, 0.25) is 0 Å². The minimum absolute atomic E-state index is 0.253. The Morgan fingerprint density at radius 3 is 2.89 bits per heavy atom. The number of anilines is 1. The number of hydrogen-bond donors (Lipinski definition) is 0. The fourth-order valence-electron chi connectivity index (χ4n) is 4.91. The summed E-state index contributed by atoms with van der Waals surface area (Å²) in [5.74, 6) is 2.58. The number of carbonyl (C=O) groups excluding carboxylic acids is 1. The van der Waals surface area contributed by atoms with Crippen LogP contribution in [0.1, 0.15) is 51.3 Å². The summed E-state index contributed by atoms with van der Waals surface area (Å²) in [7, 11) is 0. The summed E-state index contributed by atoms with van der Waals surface area (Å²) in [4.78, 5) is 31.0. The Balaban J connectivity index is 1.39. The van der Waals surface area contributed by atoms with Crippen LogP contribution >= 0.6 is 0 Å². The van der Waals surface area contributed by atoms with E-state index in [2.05, 4.69) is 24.8 Å². The molecule has 0 unspecified atom stereocenters. The highest BCUT2D eigenvalue weighted by Crippen LogP contribution is 2.43. The second-order valence-corrected chi connectivity index (χ2v) is 8.42. The van der Waals surface area contributed by atoms with Gasteiger partial charge in [0, 0.05) is 32.6 Å². The van der Waals surface area contributed by atoms with E-state index < -0.39 is 0 Å². The Morgan fingerprint density at radius 1 is 1.22 bits per heavy atom. The summed E-state index contributed by atoms with van der Waals surface area (Å²) in [5, 5.41) is 0. The second kappa shape index (κ2) is 6.46. The SMILES string of the molecule is CCc1nc2c(N3CC[C@]4(CCCN(CC5CCC5)C4=O)C3)ncnc2o1. The number of piperidine rings is 1. The molecule has 1 saturated carbocycles. The Labute approximate surface area is 159 Å². The van der Waals surface area contributed by atoms with Gasteiger partial charge in [0.2, 0.25) is 5.91 Å². The normalized spacial score (nSPS) is 26.3. The maximum Gasteiger partial charge on any atom is 0.252 e. The molecular formula is C20H27N5O2. The van der Waals surface area contributed by atoms with Gasteiger partial charge >= 0.3 is 0 Å². The van der Waals surface area contributed by atoms with Crippen molar-refractivity contribution in [1.82, 2.24) is 19.9 Å². The molecule has 7 heteroatoms. The third-order valence-corrected chi connectivity index (χ3v) is 6.70. The molecule has 0 radical (unpaired) electrons. The van der Waals surface area contributed by atoms with Crippen LogP contribution in [0.15, 0.2) is 10.7 Å². The van der Waals surface area contributed by atoms with Crippen LogP contribution in [0.5, 0.6) is 0 Å². The van der Waals surface area contributed by atoms with Gasteiger partial charge in [0.15, 0.2) is 17.2 Å². The van der Waals surface area contributed by atoms with Crippen molar-refractivity contribution in [1.29, 1.82) is 0 Å². The van der Waals surface area contributed by atoms with E-state index in [1.165, 1.54) is 19.3 Å². The predicted molar refractivity (Wildman–Crippen MR) is 101 cm³/mol. The molecule has 2 aromatic heterocycles. The van der Waals surface area contributed by atoms with Crippen molar-refractivity contribution in [2.45, 2.75) is 51.9 Å². The molecule has 3 fully saturated rings. The van der Waals surface area contributed by atoms with E-state index >= 15 is 0 Å². The van der Waals surface area contributed by atoms with E-state index in [4.69, 9.17) is 4.42 Å². The first kappa shape index (κ1) is 17.0. The molecule has 0 aromatic carbocycles. The highest BCUT2D eigenvalue weighted by molar-refractivity contribution is 5.87. The molecular weight excluding hydrogens is 342 g/mol. The number of rotatable bonds is 4. The maximum atomic E-state index is 13.3. The smallest absolute Gasteiger partial charge is 0.252 e. The Morgan fingerprint density at radius 2 is 2.11 bits per heavy atom. The Hall–Kier alpha value is -2.18. The highest BCUT2D eigenvalue weighted by Gasteiger charge is 2.49. The summed E-state index contributed by atoms with van der Waals surface area (Å²) in [5.41, 5.74) is 1.01. The zero-order chi connectivity index (χ0) is 18.4. The largest absolute Gasteiger partial charge is 0.422 e. The fraction of sp³-hybridized carbons (Fsp3) is 0.700. The van der Waals surface area contributed by atoms with Crippen molar-refractivity contribution in [3.63, 3.8) is 0 Å². The van der Waals surface area contributed by atoms with Crippen LogP contribution in [0.4, 0.5) is 5.82 Å². The van der Waals surface area contributed by atoms with Crippen LogP contribution in [-0.4, -0.2) is 51.9 Å². The van der Waals surface area contributed by atoms with E-state index in [-0.39, 0.29) is 5.41 Å². The van der Waals surface area contributed by atoms with Crippen LogP contribution in [0.3, 0.4) is 0 Å². The molecule has 2 aromatic rings. The van der Waals surface area contributed by atoms with Gasteiger partial charge in [-0.2, -0.15) is 4.98 Å². The fourth-order valence-corrected chi connectivity index (χ4v) is 4.91. The van der Waals surface area contributed by atoms with Crippen LogP contribution in [0.25, 0.3) is 11.2 Å². The van der Waals surface area contributed by atoms with Crippen LogP contribution in [-0.2, 0) is 11.2 Å². The molecule has 0 bridgehead atoms. The summed E-state index contributed by atoms with van der Waals surface area (Å²) >= 11 is 0. The van der Waals surface area contributed by atoms with Crippen molar-refractivity contribution < 1.29 is 9.21 Å². The summed E-state index contributed by atoms with van der Waals surface area (Å²) < 4.78 is 5.69. The lowest BCUT2D eigenvalue weighted by molar-refractivity contribution is -0.146. The van der Waals surface area contributed by atoms with E-state index in [1.54, 1.807) is 6.33 Å². The minimum atomic E-state index is -0.253. The van der Waals surface area contributed by atoms with Crippen molar-refractivity contribution in [3.8, 4) is 0 Å². The molecule has 27 heavy (non-hydrogen) atoms. The van der Waals surface area contributed by atoms with Crippen molar-refractivity contribution >= 4 is 23.0 Å². The van der Waals surface area contributed by atoms with Crippen LogP contribution < -0.4 is 4.90 Å². The van der Waals surface area contributed by atoms with Crippen LogP contribution in [0, 0.1) is 11.3 Å². The molecule has 1 atom stereocenters. The molecule has 144 valence electrons. The topological polar surface area (TPSA) is 75.4 Å². The third kappa shape index (κ3) is 2.78. The van der Waals surface area contributed by atoms with Gasteiger partial charge in [-0.05, 0) is 38.0 Å². The number of oxazole rings is 1. The van der Waals surface area contributed by atoms with Crippen molar-refractivity contribution in [3.05, 3.63) is 12.2 Å². The first-order valence-electron chi connectivity index (χ1n) is 10.3. The molecule has 2 saturated heterocycles. The molecule has 0 N–H and O–H groups in total. The number of likely N-dealkylation sites (tertiary alicyclic amines) is 1. The third-order valence-electron chi connectivity index (χ3n) is 6.70. The van der Waals surface area contributed by atoms with Gasteiger partial charge in [-0.15, -0.1) is 0 Å². The predicted octanol–water partition coefficient (Wildman–Crippen LogP) is 2.80. The summed E-state index contributed by atoms with van der Waals surface area (Å²) in [6.07, 6.45) is 9.16.